The van der Waals surface area contributed by atoms with Crippen molar-refractivity contribution in [1.82, 2.24) is 4.90 Å². The van der Waals surface area contributed by atoms with Gasteiger partial charge in [-0.2, -0.15) is 0 Å². The Morgan fingerprint density at radius 2 is 2.27 bits per heavy atom. The largest absolute Gasteiger partial charge is 0.391 e. The van der Waals surface area contributed by atoms with Gasteiger partial charge in [0.25, 0.3) is 0 Å². The zero-order chi connectivity index (χ0) is 8.27. The number of nitrogens with zero attached hydrogens (tertiary/aromatic N) is 1. The average molecular weight is 222 g/mol. The summed E-state index contributed by atoms with van der Waals surface area (Å²) >= 11 is 3.26. The number of aliphatic hydroxyl groups is 1. The number of aliphatic hydroxyl groups excluding tert-OH is 1. The van der Waals surface area contributed by atoms with Crippen molar-refractivity contribution in [1.29, 1.82) is 0 Å². The standard InChI is InChI=1S/C8H16BrNO/c1-10(6-8(11)5-9)7-3-2-4-7/h7-8,11H,2-6H2,1H3. The van der Waals surface area contributed by atoms with E-state index in [4.69, 9.17) is 0 Å². The van der Waals surface area contributed by atoms with Gasteiger partial charge in [0.2, 0.25) is 0 Å². The minimum absolute atomic E-state index is 0.208. The molecule has 1 rings (SSSR count). The first-order chi connectivity index (χ1) is 5.24. The summed E-state index contributed by atoms with van der Waals surface area (Å²) in [6.07, 6.45) is 3.77. The zero-order valence-electron chi connectivity index (χ0n) is 6.96. The summed E-state index contributed by atoms with van der Waals surface area (Å²) in [4.78, 5) is 2.26. The summed E-state index contributed by atoms with van der Waals surface area (Å²) in [5.74, 6) is 0. The van der Waals surface area contributed by atoms with Crippen molar-refractivity contribution in [3.8, 4) is 0 Å². The van der Waals surface area contributed by atoms with Crippen LogP contribution in [0.25, 0.3) is 0 Å². The zero-order valence-corrected chi connectivity index (χ0v) is 8.55. The van der Waals surface area contributed by atoms with Crippen LogP contribution in [-0.2, 0) is 0 Å². The Kier molecular flexibility index (Phi) is 3.82. The molecule has 3 heteroatoms. The van der Waals surface area contributed by atoms with Crippen molar-refractivity contribution in [3.63, 3.8) is 0 Å². The molecule has 1 N–H and O–H groups in total. The number of hydrogen-bond donors (Lipinski definition) is 1. The van der Waals surface area contributed by atoms with E-state index in [0.717, 1.165) is 12.6 Å². The SMILES string of the molecule is CN(CC(O)CBr)C1CCC1. The van der Waals surface area contributed by atoms with Crippen LogP contribution in [0.2, 0.25) is 0 Å². The predicted molar refractivity (Wildman–Crippen MR) is 50.1 cm³/mol. The number of rotatable bonds is 4. The second kappa shape index (κ2) is 4.43. The first-order valence-electron chi connectivity index (χ1n) is 4.18. The van der Waals surface area contributed by atoms with Crippen LogP contribution in [0.3, 0.4) is 0 Å². The van der Waals surface area contributed by atoms with Crippen LogP contribution in [0.1, 0.15) is 19.3 Å². The molecule has 2 nitrogen and oxygen atoms in total. The molecule has 1 aliphatic rings. The maximum atomic E-state index is 9.31. The van der Waals surface area contributed by atoms with Crippen LogP contribution in [-0.4, -0.2) is 41.1 Å². The fourth-order valence-electron chi connectivity index (χ4n) is 1.36. The minimum Gasteiger partial charge on any atom is -0.391 e. The molecular formula is C8H16BrNO. The summed E-state index contributed by atoms with van der Waals surface area (Å²) in [5, 5.41) is 9.99. The topological polar surface area (TPSA) is 23.5 Å². The fraction of sp³-hybridized carbons (Fsp3) is 1.00. The van der Waals surface area contributed by atoms with Crippen LogP contribution in [0.5, 0.6) is 0 Å². The molecule has 1 saturated carbocycles. The van der Waals surface area contributed by atoms with Crippen molar-refractivity contribution < 1.29 is 5.11 Å². The van der Waals surface area contributed by atoms with Gasteiger partial charge in [0.1, 0.15) is 0 Å². The van der Waals surface area contributed by atoms with Crippen molar-refractivity contribution in [2.24, 2.45) is 0 Å². The molecule has 0 amide bonds. The quantitative estimate of drug-likeness (QED) is 0.723. The molecule has 1 atom stereocenters. The summed E-state index contributed by atoms with van der Waals surface area (Å²) in [7, 11) is 2.09. The third-order valence-electron chi connectivity index (χ3n) is 2.37. The van der Waals surface area contributed by atoms with Gasteiger partial charge in [0, 0.05) is 17.9 Å². The van der Waals surface area contributed by atoms with Crippen LogP contribution in [0, 0.1) is 0 Å². The Bertz CT molecular complexity index is 117. The van der Waals surface area contributed by atoms with E-state index < -0.39 is 0 Å². The lowest BCUT2D eigenvalue weighted by molar-refractivity contribution is 0.0902. The van der Waals surface area contributed by atoms with Gasteiger partial charge in [-0.3, -0.25) is 0 Å². The lowest BCUT2D eigenvalue weighted by atomic mass is 9.92. The Morgan fingerprint density at radius 3 is 2.64 bits per heavy atom. The lowest BCUT2D eigenvalue weighted by Gasteiger charge is -2.35. The van der Waals surface area contributed by atoms with Gasteiger partial charge < -0.3 is 10.0 Å². The average Bonchev–Trinajstić information content (AvgIpc) is 1.83. The van der Waals surface area contributed by atoms with Crippen molar-refractivity contribution in [3.05, 3.63) is 0 Å². The van der Waals surface area contributed by atoms with E-state index in [1.807, 2.05) is 0 Å². The van der Waals surface area contributed by atoms with Gasteiger partial charge >= 0.3 is 0 Å². The Hall–Kier alpha value is 0.400. The van der Waals surface area contributed by atoms with Gasteiger partial charge in [-0.15, -0.1) is 0 Å². The minimum atomic E-state index is -0.208. The molecular weight excluding hydrogens is 206 g/mol. The third kappa shape index (κ3) is 2.73. The molecule has 0 radical (unpaired) electrons. The van der Waals surface area contributed by atoms with E-state index in [9.17, 15) is 5.11 Å². The van der Waals surface area contributed by atoms with Crippen LogP contribution >= 0.6 is 15.9 Å². The van der Waals surface area contributed by atoms with Gasteiger partial charge in [0.05, 0.1) is 6.10 Å². The van der Waals surface area contributed by atoms with E-state index in [-0.39, 0.29) is 6.10 Å². The van der Waals surface area contributed by atoms with Crippen molar-refractivity contribution >= 4 is 15.9 Å². The second-order valence-corrected chi connectivity index (χ2v) is 3.98. The highest BCUT2D eigenvalue weighted by Crippen LogP contribution is 2.23. The lowest BCUT2D eigenvalue weighted by Crippen LogP contribution is -2.41. The highest BCUT2D eigenvalue weighted by molar-refractivity contribution is 9.09. The molecule has 0 aromatic carbocycles. The normalized spacial score (nSPS) is 21.8. The summed E-state index contributed by atoms with van der Waals surface area (Å²) in [6.45, 7) is 0.802. The molecule has 0 saturated heterocycles. The number of hydrogen-bond acceptors (Lipinski definition) is 2. The molecule has 1 unspecified atom stereocenters. The summed E-state index contributed by atoms with van der Waals surface area (Å²) in [5.41, 5.74) is 0. The molecule has 0 spiro atoms. The maximum Gasteiger partial charge on any atom is 0.0763 e. The first-order valence-corrected chi connectivity index (χ1v) is 5.30. The number of alkyl halides is 1. The van der Waals surface area contributed by atoms with E-state index in [2.05, 4.69) is 27.9 Å². The number of likely N-dealkylation sites (N-methyl/N-ethyl adjacent to an activating group) is 1. The number of halogens is 1. The molecule has 0 aromatic rings. The predicted octanol–water partition coefficient (Wildman–Crippen LogP) is 1.23. The van der Waals surface area contributed by atoms with Gasteiger partial charge in [0.15, 0.2) is 0 Å². The second-order valence-electron chi connectivity index (χ2n) is 3.33. The maximum absolute atomic E-state index is 9.31. The Labute approximate surface area is 76.7 Å². The molecule has 11 heavy (non-hydrogen) atoms. The molecule has 0 heterocycles. The van der Waals surface area contributed by atoms with E-state index in [1.165, 1.54) is 19.3 Å². The third-order valence-corrected chi connectivity index (χ3v) is 3.12. The highest BCUT2D eigenvalue weighted by atomic mass is 79.9. The van der Waals surface area contributed by atoms with Gasteiger partial charge in [-0.05, 0) is 19.9 Å². The Balaban J connectivity index is 2.13. The summed E-state index contributed by atoms with van der Waals surface area (Å²) < 4.78 is 0. The molecule has 1 fully saturated rings. The van der Waals surface area contributed by atoms with Crippen molar-refractivity contribution in [2.75, 3.05) is 18.9 Å². The highest BCUT2D eigenvalue weighted by Gasteiger charge is 2.22. The monoisotopic (exact) mass is 221 g/mol. The first kappa shape index (κ1) is 9.49. The van der Waals surface area contributed by atoms with Crippen molar-refractivity contribution in [2.45, 2.75) is 31.4 Å². The van der Waals surface area contributed by atoms with Crippen LogP contribution < -0.4 is 0 Å². The van der Waals surface area contributed by atoms with E-state index in [0.29, 0.717) is 5.33 Å². The van der Waals surface area contributed by atoms with Crippen LogP contribution in [0.15, 0.2) is 0 Å². The van der Waals surface area contributed by atoms with E-state index >= 15 is 0 Å². The summed E-state index contributed by atoms with van der Waals surface area (Å²) in [6, 6.07) is 0.740. The molecule has 0 aliphatic heterocycles. The fourth-order valence-corrected chi connectivity index (χ4v) is 1.56. The van der Waals surface area contributed by atoms with Gasteiger partial charge in [-0.25, -0.2) is 0 Å². The van der Waals surface area contributed by atoms with Crippen LogP contribution in [0.4, 0.5) is 0 Å². The molecule has 1 aliphatic carbocycles. The smallest absolute Gasteiger partial charge is 0.0763 e. The molecule has 0 bridgehead atoms. The Morgan fingerprint density at radius 1 is 1.64 bits per heavy atom. The van der Waals surface area contributed by atoms with E-state index in [1.54, 1.807) is 0 Å². The van der Waals surface area contributed by atoms with Gasteiger partial charge in [-0.1, -0.05) is 22.4 Å². The molecule has 66 valence electrons. The molecule has 0 aromatic heterocycles.